The minimum atomic E-state index is -0.782. The number of nitrogens with zero attached hydrogens (tertiary/aromatic N) is 3. The number of aromatic nitrogens is 3. The van der Waals surface area contributed by atoms with Gasteiger partial charge in [-0.25, -0.2) is 9.97 Å². The molecule has 0 saturated carbocycles. The fourth-order valence-corrected chi connectivity index (χ4v) is 8.20. The molecule has 0 aliphatic carbocycles. The molecule has 0 radical (unpaired) electrons. The second kappa shape index (κ2) is 16.1. The van der Waals surface area contributed by atoms with Gasteiger partial charge in [0.2, 0.25) is 0 Å². The minimum Gasteiger partial charge on any atom is -0.465 e. The molecule has 7 aromatic carbocycles. The Morgan fingerprint density at radius 3 is 1.78 bits per heavy atom. The molecule has 1 atom stereocenters. The summed E-state index contributed by atoms with van der Waals surface area (Å²) in [5.41, 5.74) is 12.5. The first-order valence-corrected chi connectivity index (χ1v) is 20.2. The van der Waals surface area contributed by atoms with Gasteiger partial charge >= 0.3 is 0 Å². The molecular weight excluding hydrogens is 731 g/mol. The second-order valence-corrected chi connectivity index (χ2v) is 14.8. The van der Waals surface area contributed by atoms with E-state index < -0.39 is 5.41 Å². The van der Waals surface area contributed by atoms with E-state index in [2.05, 4.69) is 175 Å². The summed E-state index contributed by atoms with van der Waals surface area (Å²) < 4.78 is 6.42. The number of pyridine rings is 1. The number of hydrogen-bond donors (Lipinski definition) is 0. The number of fused-ring (bicyclic) bond motifs is 2. The van der Waals surface area contributed by atoms with Gasteiger partial charge in [-0.3, -0.25) is 4.98 Å². The number of benzene rings is 7. The minimum absolute atomic E-state index is 0.667. The predicted octanol–water partition coefficient (Wildman–Crippen LogP) is 13.7. The van der Waals surface area contributed by atoms with E-state index in [1.807, 2.05) is 60.8 Å². The lowest BCUT2D eigenvalue weighted by molar-refractivity contribution is 0.468. The van der Waals surface area contributed by atoms with E-state index in [1.165, 1.54) is 0 Å². The van der Waals surface area contributed by atoms with Crippen molar-refractivity contribution in [1.82, 2.24) is 15.0 Å². The van der Waals surface area contributed by atoms with Crippen LogP contribution in [-0.2, 0) is 5.41 Å². The molecule has 0 saturated heterocycles. The van der Waals surface area contributed by atoms with Crippen molar-refractivity contribution < 1.29 is 4.74 Å². The second-order valence-electron chi connectivity index (χ2n) is 14.8. The molecule has 0 bridgehead atoms. The first kappa shape index (κ1) is 36.4. The van der Waals surface area contributed by atoms with Crippen LogP contribution in [0.3, 0.4) is 0 Å². The van der Waals surface area contributed by atoms with Gasteiger partial charge in [0.25, 0.3) is 0 Å². The molecule has 2 aromatic heterocycles. The van der Waals surface area contributed by atoms with Crippen LogP contribution in [0.15, 0.2) is 237 Å². The van der Waals surface area contributed by atoms with E-state index in [-0.39, 0.29) is 0 Å². The summed E-state index contributed by atoms with van der Waals surface area (Å²) in [5, 5.41) is 1.11. The van der Waals surface area contributed by atoms with E-state index in [4.69, 9.17) is 14.7 Å². The Morgan fingerprint density at radius 1 is 0.400 bits per heavy atom. The van der Waals surface area contributed by atoms with Gasteiger partial charge in [0, 0.05) is 33.8 Å². The van der Waals surface area contributed by atoms with Crippen LogP contribution >= 0.6 is 0 Å². The molecule has 1 aliphatic heterocycles. The fourth-order valence-electron chi connectivity index (χ4n) is 8.20. The first-order valence-electron chi connectivity index (χ1n) is 20.2. The number of allylic oxidation sites excluding steroid dienone is 5. The molecule has 10 rings (SSSR count). The lowest BCUT2D eigenvalue weighted by Crippen LogP contribution is -2.28. The van der Waals surface area contributed by atoms with Crippen LogP contribution in [0.1, 0.15) is 16.7 Å². The molecule has 0 fully saturated rings. The maximum atomic E-state index is 6.42. The molecule has 1 aliphatic rings. The Morgan fingerprint density at radius 2 is 1.00 bits per heavy atom. The molecular formula is C56H39N3O. The Bertz CT molecular complexity index is 3080. The fraction of sp³-hybridized carbons (Fsp3) is 0.0179. The normalized spacial score (nSPS) is 16.3. The number of rotatable bonds is 7. The predicted molar refractivity (Wildman–Crippen MR) is 245 cm³/mol. The van der Waals surface area contributed by atoms with E-state index in [1.54, 1.807) is 6.26 Å². The molecule has 1 unspecified atom stereocenters. The molecule has 0 N–H and O–H groups in total. The quantitative estimate of drug-likeness (QED) is 0.162. The highest BCUT2D eigenvalue weighted by atomic mass is 16.5. The topological polar surface area (TPSA) is 47.9 Å². The highest BCUT2D eigenvalue weighted by molar-refractivity contribution is 5.84. The largest absolute Gasteiger partial charge is 0.465 e. The average Bonchev–Trinajstić information content (AvgIpc) is 3.33. The Kier molecular flexibility index (Phi) is 9.78. The molecule has 60 heavy (non-hydrogen) atoms. The summed E-state index contributed by atoms with van der Waals surface area (Å²) in [4.78, 5) is 15.1. The van der Waals surface area contributed by atoms with Crippen molar-refractivity contribution in [2.24, 2.45) is 0 Å². The summed E-state index contributed by atoms with van der Waals surface area (Å²) in [5.74, 6) is 1.44. The van der Waals surface area contributed by atoms with Crippen LogP contribution in [0.25, 0.3) is 67.1 Å². The molecule has 284 valence electrons. The SMILES string of the molecule is C1=C\C=C\C(c2cccc(-c3ccc4cccnc4c3)c2)(c2cccc(-c3cc(-c4cccc(-c5ccccc5)c4)nc(-c4ccccc4)n3)c2)c2ccccc2O/C=C/1. The van der Waals surface area contributed by atoms with Gasteiger partial charge < -0.3 is 4.74 Å². The van der Waals surface area contributed by atoms with Gasteiger partial charge in [-0.05, 0) is 81.9 Å². The summed E-state index contributed by atoms with van der Waals surface area (Å²) in [6.07, 6.45) is 14.0. The highest BCUT2D eigenvalue weighted by Crippen LogP contribution is 2.47. The highest BCUT2D eigenvalue weighted by Gasteiger charge is 2.37. The molecule has 0 spiro atoms. The Balaban J connectivity index is 1.18. The third kappa shape index (κ3) is 7.12. The van der Waals surface area contributed by atoms with Gasteiger partial charge in [-0.1, -0.05) is 176 Å². The zero-order chi connectivity index (χ0) is 40.1. The number of hydrogen-bond acceptors (Lipinski definition) is 4. The van der Waals surface area contributed by atoms with Gasteiger partial charge in [0.15, 0.2) is 5.82 Å². The zero-order valence-electron chi connectivity index (χ0n) is 32.8. The van der Waals surface area contributed by atoms with Crippen molar-refractivity contribution in [2.45, 2.75) is 5.41 Å². The van der Waals surface area contributed by atoms with Gasteiger partial charge in [0.05, 0.1) is 28.6 Å². The third-order valence-corrected chi connectivity index (χ3v) is 11.2. The van der Waals surface area contributed by atoms with Crippen LogP contribution in [0, 0.1) is 0 Å². The summed E-state index contributed by atoms with van der Waals surface area (Å²) in [7, 11) is 0. The van der Waals surface area contributed by atoms with E-state index >= 15 is 0 Å². The standard InChI is InChI=1S/C56H39N3O/c1-2-12-34-60-54-29-10-9-28-50(54)56(32-11-1,48-26-14-22-44(36-48)45-31-30-41-25-16-33-57-51(41)38-45)49-27-15-24-47(37-49)53-39-52(58-55(59-53)42-19-7-4-8-20-42)46-23-13-21-43(35-46)40-17-5-3-6-18-40/h1-39H/b2-1-,32-11+,34-12+. The Labute approximate surface area is 350 Å². The molecule has 0 amide bonds. The molecule has 3 heterocycles. The van der Waals surface area contributed by atoms with Crippen LogP contribution in [0.2, 0.25) is 0 Å². The van der Waals surface area contributed by atoms with Crippen LogP contribution in [-0.4, -0.2) is 15.0 Å². The van der Waals surface area contributed by atoms with Crippen molar-refractivity contribution in [3.05, 3.63) is 254 Å². The summed E-state index contributed by atoms with van der Waals surface area (Å²) in [6.45, 7) is 0. The number of ether oxygens (including phenoxy) is 1. The van der Waals surface area contributed by atoms with Crippen LogP contribution in [0.5, 0.6) is 5.75 Å². The monoisotopic (exact) mass is 769 g/mol. The van der Waals surface area contributed by atoms with E-state index in [0.717, 1.165) is 83.7 Å². The average molecular weight is 770 g/mol. The van der Waals surface area contributed by atoms with Crippen molar-refractivity contribution in [3.8, 4) is 61.9 Å². The summed E-state index contributed by atoms with van der Waals surface area (Å²) >= 11 is 0. The van der Waals surface area contributed by atoms with E-state index in [0.29, 0.717) is 5.82 Å². The Hall–Kier alpha value is -7.95. The van der Waals surface area contributed by atoms with Crippen molar-refractivity contribution in [3.63, 3.8) is 0 Å². The van der Waals surface area contributed by atoms with Gasteiger partial charge in [-0.2, -0.15) is 0 Å². The zero-order valence-corrected chi connectivity index (χ0v) is 32.8. The lowest BCUT2D eigenvalue weighted by Gasteiger charge is -2.35. The molecule has 4 heteroatoms. The molecule has 9 aromatic rings. The maximum absolute atomic E-state index is 6.42. The van der Waals surface area contributed by atoms with Gasteiger partial charge in [-0.15, -0.1) is 0 Å². The van der Waals surface area contributed by atoms with Crippen LogP contribution in [0.4, 0.5) is 0 Å². The van der Waals surface area contributed by atoms with Gasteiger partial charge in [0.1, 0.15) is 5.75 Å². The maximum Gasteiger partial charge on any atom is 0.160 e. The van der Waals surface area contributed by atoms with Crippen molar-refractivity contribution >= 4 is 10.9 Å². The van der Waals surface area contributed by atoms with Crippen LogP contribution < -0.4 is 4.74 Å². The smallest absolute Gasteiger partial charge is 0.160 e. The first-order chi connectivity index (χ1) is 29.7. The molecule has 4 nitrogen and oxygen atoms in total. The van der Waals surface area contributed by atoms with E-state index in [9.17, 15) is 0 Å². The summed E-state index contributed by atoms with van der Waals surface area (Å²) in [6, 6.07) is 67.9. The number of para-hydroxylation sites is 1. The third-order valence-electron chi connectivity index (χ3n) is 11.2. The lowest BCUT2D eigenvalue weighted by atomic mass is 9.68. The van der Waals surface area contributed by atoms with Crippen molar-refractivity contribution in [1.29, 1.82) is 0 Å². The van der Waals surface area contributed by atoms with Crippen molar-refractivity contribution in [2.75, 3.05) is 0 Å².